The van der Waals surface area contributed by atoms with Crippen molar-refractivity contribution in [3.8, 4) is 0 Å². The highest BCUT2D eigenvalue weighted by molar-refractivity contribution is 7.10. The second-order valence-corrected chi connectivity index (χ2v) is 7.25. The highest BCUT2D eigenvalue weighted by Gasteiger charge is 2.28. The van der Waals surface area contributed by atoms with Gasteiger partial charge in [0, 0.05) is 35.8 Å². The van der Waals surface area contributed by atoms with Crippen LogP contribution in [0.15, 0.2) is 23.7 Å². The van der Waals surface area contributed by atoms with E-state index < -0.39 is 0 Å². The molecule has 0 radical (unpaired) electrons. The van der Waals surface area contributed by atoms with Gasteiger partial charge in [0.25, 0.3) is 0 Å². The lowest BCUT2D eigenvalue weighted by molar-refractivity contribution is 0.342. The Morgan fingerprint density at radius 1 is 1.38 bits per heavy atom. The molecular formula is C17H25N3S. The van der Waals surface area contributed by atoms with E-state index >= 15 is 0 Å². The summed E-state index contributed by atoms with van der Waals surface area (Å²) in [5.74, 6) is 0.781. The first-order valence-corrected chi connectivity index (χ1v) is 8.82. The van der Waals surface area contributed by atoms with Gasteiger partial charge in [0.15, 0.2) is 0 Å². The Morgan fingerprint density at radius 2 is 2.14 bits per heavy atom. The van der Waals surface area contributed by atoms with E-state index in [-0.39, 0.29) is 0 Å². The monoisotopic (exact) mass is 303 g/mol. The van der Waals surface area contributed by atoms with Crippen molar-refractivity contribution in [2.75, 3.05) is 0 Å². The van der Waals surface area contributed by atoms with Gasteiger partial charge in [0.1, 0.15) is 0 Å². The lowest BCUT2D eigenvalue weighted by atomic mass is 9.95. The second-order valence-electron chi connectivity index (χ2n) is 6.27. The van der Waals surface area contributed by atoms with Crippen LogP contribution in [0.25, 0.3) is 0 Å². The molecule has 0 bridgehead atoms. The van der Waals surface area contributed by atoms with Gasteiger partial charge in [-0.2, -0.15) is 5.10 Å². The standard InChI is InChI=1S/C17H25N3S/c1-12(15-11-20(3)19-13(15)2)18-17(14-7-4-5-8-14)16-9-6-10-21-16/h6,9-12,14,17-18H,4-5,7-8H2,1-3H3. The average Bonchev–Trinajstić information content (AvgIpc) is 3.17. The zero-order chi connectivity index (χ0) is 14.8. The van der Waals surface area contributed by atoms with Gasteiger partial charge in [-0.15, -0.1) is 11.3 Å². The molecule has 2 heterocycles. The number of nitrogens with zero attached hydrogens (tertiary/aromatic N) is 2. The molecule has 0 saturated heterocycles. The van der Waals surface area contributed by atoms with Gasteiger partial charge in [-0.1, -0.05) is 18.9 Å². The molecule has 3 rings (SSSR count). The fraction of sp³-hybridized carbons (Fsp3) is 0.588. The van der Waals surface area contributed by atoms with E-state index in [1.165, 1.54) is 36.1 Å². The number of hydrogen-bond donors (Lipinski definition) is 1. The molecule has 1 aliphatic rings. The molecule has 0 spiro atoms. The van der Waals surface area contributed by atoms with Gasteiger partial charge in [-0.25, -0.2) is 0 Å². The molecular weight excluding hydrogens is 278 g/mol. The van der Waals surface area contributed by atoms with Crippen LogP contribution in [0.5, 0.6) is 0 Å². The summed E-state index contributed by atoms with van der Waals surface area (Å²) in [4.78, 5) is 1.48. The van der Waals surface area contributed by atoms with E-state index in [1.807, 2.05) is 23.1 Å². The van der Waals surface area contributed by atoms with Gasteiger partial charge in [0.2, 0.25) is 0 Å². The Morgan fingerprint density at radius 3 is 2.71 bits per heavy atom. The second kappa shape index (κ2) is 6.32. The van der Waals surface area contributed by atoms with Crippen molar-refractivity contribution in [3.63, 3.8) is 0 Å². The van der Waals surface area contributed by atoms with Crippen LogP contribution in [0.3, 0.4) is 0 Å². The van der Waals surface area contributed by atoms with Crippen molar-refractivity contribution in [1.82, 2.24) is 15.1 Å². The zero-order valence-corrected chi connectivity index (χ0v) is 14.0. The van der Waals surface area contributed by atoms with Crippen LogP contribution < -0.4 is 5.32 Å². The van der Waals surface area contributed by atoms with E-state index in [4.69, 9.17) is 0 Å². The van der Waals surface area contributed by atoms with Crippen LogP contribution in [0, 0.1) is 12.8 Å². The quantitative estimate of drug-likeness (QED) is 0.888. The summed E-state index contributed by atoms with van der Waals surface area (Å²) in [7, 11) is 2.00. The first kappa shape index (κ1) is 14.8. The third kappa shape index (κ3) is 3.22. The number of thiophene rings is 1. The highest BCUT2D eigenvalue weighted by atomic mass is 32.1. The van der Waals surface area contributed by atoms with Crippen LogP contribution in [-0.2, 0) is 7.05 Å². The Labute approximate surface area is 131 Å². The lowest BCUT2D eigenvalue weighted by Gasteiger charge is -2.27. The summed E-state index contributed by atoms with van der Waals surface area (Å²) in [6.45, 7) is 4.36. The Bertz CT molecular complexity index is 567. The molecule has 1 saturated carbocycles. The maximum absolute atomic E-state index is 4.48. The molecule has 2 unspecified atom stereocenters. The predicted molar refractivity (Wildman–Crippen MR) is 88.5 cm³/mol. The largest absolute Gasteiger partial charge is 0.302 e. The first-order chi connectivity index (χ1) is 10.1. The van der Waals surface area contributed by atoms with Crippen LogP contribution in [0.1, 0.15) is 60.8 Å². The van der Waals surface area contributed by atoms with Gasteiger partial charge in [-0.05, 0) is 44.1 Å². The summed E-state index contributed by atoms with van der Waals surface area (Å²) in [6.07, 6.45) is 7.62. The number of aryl methyl sites for hydroxylation is 2. The molecule has 3 nitrogen and oxygen atoms in total. The number of aromatic nitrogens is 2. The van der Waals surface area contributed by atoms with Crippen molar-refractivity contribution in [2.45, 2.75) is 51.6 Å². The van der Waals surface area contributed by atoms with Crippen LogP contribution in [0.4, 0.5) is 0 Å². The molecule has 1 aliphatic carbocycles. The van der Waals surface area contributed by atoms with Gasteiger partial charge < -0.3 is 5.32 Å². The summed E-state index contributed by atoms with van der Waals surface area (Å²) in [5, 5.41) is 10.6. The van der Waals surface area contributed by atoms with Gasteiger partial charge in [-0.3, -0.25) is 4.68 Å². The highest BCUT2D eigenvalue weighted by Crippen LogP contribution is 2.38. The van der Waals surface area contributed by atoms with E-state index in [0.717, 1.165) is 11.6 Å². The fourth-order valence-electron chi connectivity index (χ4n) is 3.61. The predicted octanol–water partition coefficient (Wildman–Crippen LogP) is 4.37. The lowest BCUT2D eigenvalue weighted by Crippen LogP contribution is -2.29. The summed E-state index contributed by atoms with van der Waals surface area (Å²) in [6, 6.07) is 5.28. The smallest absolute Gasteiger partial charge is 0.0641 e. The third-order valence-electron chi connectivity index (χ3n) is 4.67. The Hall–Kier alpha value is -1.13. The topological polar surface area (TPSA) is 29.9 Å². The molecule has 0 aromatic carbocycles. The molecule has 4 heteroatoms. The molecule has 2 atom stereocenters. The molecule has 2 aromatic heterocycles. The normalized spacial score (nSPS) is 19.0. The Kier molecular flexibility index (Phi) is 4.45. The molecule has 1 fully saturated rings. The van der Waals surface area contributed by atoms with Crippen molar-refractivity contribution >= 4 is 11.3 Å². The van der Waals surface area contributed by atoms with Gasteiger partial charge in [0.05, 0.1) is 5.69 Å². The van der Waals surface area contributed by atoms with E-state index in [9.17, 15) is 0 Å². The number of nitrogens with one attached hydrogen (secondary N) is 1. The first-order valence-electron chi connectivity index (χ1n) is 7.94. The van der Waals surface area contributed by atoms with E-state index in [2.05, 4.69) is 48.0 Å². The molecule has 2 aromatic rings. The third-order valence-corrected chi connectivity index (χ3v) is 5.62. The summed E-state index contributed by atoms with van der Waals surface area (Å²) >= 11 is 1.88. The molecule has 0 aliphatic heterocycles. The summed E-state index contributed by atoms with van der Waals surface area (Å²) < 4.78 is 1.92. The minimum atomic E-state index is 0.339. The maximum Gasteiger partial charge on any atom is 0.0641 e. The fourth-order valence-corrected chi connectivity index (χ4v) is 4.49. The molecule has 114 valence electrons. The average molecular weight is 303 g/mol. The van der Waals surface area contributed by atoms with Crippen LogP contribution in [0.2, 0.25) is 0 Å². The Balaban J connectivity index is 1.79. The maximum atomic E-state index is 4.48. The summed E-state index contributed by atoms with van der Waals surface area (Å²) in [5.41, 5.74) is 2.45. The minimum absolute atomic E-state index is 0.339. The van der Waals surface area contributed by atoms with E-state index in [0.29, 0.717) is 12.1 Å². The van der Waals surface area contributed by atoms with E-state index in [1.54, 1.807) is 0 Å². The molecule has 21 heavy (non-hydrogen) atoms. The number of rotatable bonds is 5. The van der Waals surface area contributed by atoms with Crippen molar-refractivity contribution in [1.29, 1.82) is 0 Å². The molecule has 1 N–H and O–H groups in total. The van der Waals surface area contributed by atoms with Crippen LogP contribution in [-0.4, -0.2) is 9.78 Å². The number of hydrogen-bond acceptors (Lipinski definition) is 3. The van der Waals surface area contributed by atoms with Crippen LogP contribution >= 0.6 is 11.3 Å². The van der Waals surface area contributed by atoms with Crippen molar-refractivity contribution < 1.29 is 0 Å². The van der Waals surface area contributed by atoms with Crippen molar-refractivity contribution in [2.24, 2.45) is 13.0 Å². The molecule has 0 amide bonds. The minimum Gasteiger partial charge on any atom is -0.302 e. The SMILES string of the molecule is Cc1nn(C)cc1C(C)NC(c1cccs1)C1CCCC1. The van der Waals surface area contributed by atoms with Crippen molar-refractivity contribution in [3.05, 3.63) is 39.8 Å². The zero-order valence-electron chi connectivity index (χ0n) is 13.2. The van der Waals surface area contributed by atoms with Gasteiger partial charge >= 0.3 is 0 Å².